The molecule has 0 bridgehead atoms. The Labute approximate surface area is 118 Å². The molecule has 0 spiro atoms. The molecule has 0 saturated carbocycles. The summed E-state index contributed by atoms with van der Waals surface area (Å²) in [6.07, 6.45) is 3.44. The Morgan fingerprint density at radius 2 is 2.20 bits per heavy atom. The van der Waals surface area contributed by atoms with Gasteiger partial charge in [-0.1, -0.05) is 18.2 Å². The van der Waals surface area contributed by atoms with Crippen LogP contribution in [0.5, 0.6) is 0 Å². The number of pyridine rings is 1. The highest BCUT2D eigenvalue weighted by Gasteiger charge is 2.34. The molecule has 2 aromatic rings. The quantitative estimate of drug-likeness (QED) is 0.910. The van der Waals surface area contributed by atoms with Crippen LogP contribution < -0.4 is 0 Å². The van der Waals surface area contributed by atoms with Crippen LogP contribution >= 0.6 is 0 Å². The topological polar surface area (TPSA) is 53.4 Å². The van der Waals surface area contributed by atoms with Crippen molar-refractivity contribution in [1.29, 1.82) is 0 Å². The normalized spacial score (nSPS) is 22.4. The lowest BCUT2D eigenvalue weighted by atomic mass is 10.1. The van der Waals surface area contributed by atoms with Crippen molar-refractivity contribution in [3.63, 3.8) is 0 Å². The maximum Gasteiger partial charge on any atom is 0.256 e. The predicted molar refractivity (Wildman–Crippen MR) is 77.5 cm³/mol. The first-order valence-corrected chi connectivity index (χ1v) is 6.99. The van der Waals surface area contributed by atoms with Gasteiger partial charge < -0.3 is 10.0 Å². The van der Waals surface area contributed by atoms with Crippen molar-refractivity contribution in [3.8, 4) is 0 Å². The van der Waals surface area contributed by atoms with Gasteiger partial charge in [0, 0.05) is 17.6 Å². The number of aliphatic hydroxyl groups is 1. The van der Waals surface area contributed by atoms with E-state index < -0.39 is 0 Å². The number of aliphatic hydroxyl groups excluding tert-OH is 1. The summed E-state index contributed by atoms with van der Waals surface area (Å²) in [6, 6.07) is 9.74. The van der Waals surface area contributed by atoms with Gasteiger partial charge >= 0.3 is 0 Å². The third-order valence-electron chi connectivity index (χ3n) is 4.07. The molecular weight excluding hydrogens is 252 g/mol. The minimum absolute atomic E-state index is 0.0249. The molecule has 4 heteroatoms. The number of rotatable bonds is 2. The van der Waals surface area contributed by atoms with E-state index in [1.807, 2.05) is 37.3 Å². The van der Waals surface area contributed by atoms with Crippen molar-refractivity contribution in [2.24, 2.45) is 0 Å². The summed E-state index contributed by atoms with van der Waals surface area (Å²) in [6.45, 7) is 2.05. The summed E-state index contributed by atoms with van der Waals surface area (Å²) < 4.78 is 0. The highest BCUT2D eigenvalue weighted by molar-refractivity contribution is 5.97. The van der Waals surface area contributed by atoms with E-state index in [2.05, 4.69) is 4.98 Å². The van der Waals surface area contributed by atoms with Gasteiger partial charge in [-0.25, -0.2) is 0 Å². The average Bonchev–Trinajstić information content (AvgIpc) is 2.87. The molecule has 0 radical (unpaired) electrons. The smallest absolute Gasteiger partial charge is 0.256 e. The maximum atomic E-state index is 12.6. The van der Waals surface area contributed by atoms with Crippen LogP contribution in [0.15, 0.2) is 36.5 Å². The van der Waals surface area contributed by atoms with Crippen molar-refractivity contribution in [3.05, 3.63) is 42.1 Å². The zero-order valence-electron chi connectivity index (χ0n) is 11.5. The van der Waals surface area contributed by atoms with E-state index in [1.165, 1.54) is 0 Å². The fourth-order valence-electron chi connectivity index (χ4n) is 2.95. The second kappa shape index (κ2) is 5.21. The SMILES string of the molecule is C[C@@H]1CC[C@H](CO)N1C(=O)c1cnc2ccccc2c1. The van der Waals surface area contributed by atoms with Crippen LogP contribution in [0.3, 0.4) is 0 Å². The van der Waals surface area contributed by atoms with Gasteiger partial charge in [-0.2, -0.15) is 0 Å². The number of carbonyl (C=O) groups is 1. The van der Waals surface area contributed by atoms with E-state index >= 15 is 0 Å². The van der Waals surface area contributed by atoms with Gasteiger partial charge in [-0.05, 0) is 31.9 Å². The van der Waals surface area contributed by atoms with E-state index in [9.17, 15) is 9.90 Å². The fourth-order valence-corrected chi connectivity index (χ4v) is 2.95. The molecule has 1 saturated heterocycles. The molecule has 104 valence electrons. The van der Waals surface area contributed by atoms with Crippen LogP contribution in [0, 0.1) is 0 Å². The van der Waals surface area contributed by atoms with E-state index in [1.54, 1.807) is 11.1 Å². The van der Waals surface area contributed by atoms with Gasteiger partial charge in [0.25, 0.3) is 5.91 Å². The first-order valence-electron chi connectivity index (χ1n) is 6.99. The fraction of sp³-hybridized carbons (Fsp3) is 0.375. The minimum atomic E-state index is -0.0658. The Hall–Kier alpha value is -1.94. The summed E-state index contributed by atoms with van der Waals surface area (Å²) in [7, 11) is 0. The number of carbonyl (C=O) groups excluding carboxylic acids is 1. The average molecular weight is 270 g/mol. The molecular formula is C16H18N2O2. The highest BCUT2D eigenvalue weighted by atomic mass is 16.3. The van der Waals surface area contributed by atoms with Gasteiger partial charge in [0.05, 0.1) is 23.7 Å². The largest absolute Gasteiger partial charge is 0.394 e. The molecule has 0 aliphatic carbocycles. The number of fused-ring (bicyclic) bond motifs is 1. The summed E-state index contributed by atoms with van der Waals surface area (Å²) in [5.74, 6) is -0.0349. The summed E-state index contributed by atoms with van der Waals surface area (Å²) >= 11 is 0. The Morgan fingerprint density at radius 1 is 1.40 bits per heavy atom. The van der Waals surface area contributed by atoms with Crippen molar-refractivity contribution in [1.82, 2.24) is 9.88 Å². The van der Waals surface area contributed by atoms with Crippen LogP contribution in [-0.2, 0) is 0 Å². The number of likely N-dealkylation sites (tertiary alicyclic amines) is 1. The standard InChI is InChI=1S/C16H18N2O2/c1-11-6-7-14(10-19)18(11)16(20)13-8-12-4-2-3-5-15(12)17-9-13/h2-5,8-9,11,14,19H,6-7,10H2,1H3/t11-,14-/m1/s1. The number of para-hydroxylation sites is 1. The molecule has 0 unspecified atom stereocenters. The van der Waals surface area contributed by atoms with Crippen LogP contribution in [0.2, 0.25) is 0 Å². The minimum Gasteiger partial charge on any atom is -0.394 e. The predicted octanol–water partition coefficient (Wildman–Crippen LogP) is 2.22. The number of amides is 1. The number of nitrogens with zero attached hydrogens (tertiary/aromatic N) is 2. The third kappa shape index (κ3) is 2.16. The highest BCUT2D eigenvalue weighted by Crippen LogP contribution is 2.26. The first-order chi connectivity index (χ1) is 9.70. The van der Waals surface area contributed by atoms with Gasteiger partial charge in [0.1, 0.15) is 0 Å². The molecule has 2 heterocycles. The third-order valence-corrected chi connectivity index (χ3v) is 4.07. The Kier molecular flexibility index (Phi) is 3.40. The molecule has 1 aromatic heterocycles. The van der Waals surface area contributed by atoms with E-state index in [0.29, 0.717) is 5.56 Å². The van der Waals surface area contributed by atoms with Crippen molar-refractivity contribution < 1.29 is 9.90 Å². The van der Waals surface area contributed by atoms with Gasteiger partial charge in [0.15, 0.2) is 0 Å². The lowest BCUT2D eigenvalue weighted by molar-refractivity contribution is 0.0611. The Balaban J connectivity index is 1.95. The summed E-state index contributed by atoms with van der Waals surface area (Å²) in [5, 5.41) is 10.4. The lowest BCUT2D eigenvalue weighted by Crippen LogP contribution is -2.41. The zero-order chi connectivity index (χ0) is 14.1. The molecule has 1 fully saturated rings. The molecule has 2 atom stereocenters. The van der Waals surface area contributed by atoms with Crippen molar-refractivity contribution in [2.45, 2.75) is 31.8 Å². The molecule has 1 aliphatic heterocycles. The van der Waals surface area contributed by atoms with Crippen molar-refractivity contribution >= 4 is 16.8 Å². The molecule has 3 rings (SSSR count). The molecule has 1 amide bonds. The van der Waals surface area contributed by atoms with Crippen molar-refractivity contribution in [2.75, 3.05) is 6.61 Å². The summed E-state index contributed by atoms with van der Waals surface area (Å²) in [5.41, 5.74) is 1.48. The Morgan fingerprint density at radius 3 is 3.00 bits per heavy atom. The second-order valence-electron chi connectivity index (χ2n) is 5.39. The van der Waals surface area contributed by atoms with E-state index in [-0.39, 0.29) is 24.6 Å². The van der Waals surface area contributed by atoms with Crippen LogP contribution in [-0.4, -0.2) is 39.6 Å². The van der Waals surface area contributed by atoms with E-state index in [4.69, 9.17) is 0 Å². The van der Waals surface area contributed by atoms with E-state index in [0.717, 1.165) is 23.7 Å². The van der Waals surface area contributed by atoms with Crippen LogP contribution in [0.1, 0.15) is 30.1 Å². The summed E-state index contributed by atoms with van der Waals surface area (Å²) in [4.78, 5) is 18.8. The maximum absolute atomic E-state index is 12.6. The number of hydrogen-bond donors (Lipinski definition) is 1. The monoisotopic (exact) mass is 270 g/mol. The molecule has 1 N–H and O–H groups in total. The zero-order valence-corrected chi connectivity index (χ0v) is 11.5. The number of hydrogen-bond acceptors (Lipinski definition) is 3. The molecule has 1 aromatic carbocycles. The van der Waals surface area contributed by atoms with Gasteiger partial charge in [-0.15, -0.1) is 0 Å². The molecule has 1 aliphatic rings. The van der Waals surface area contributed by atoms with Gasteiger partial charge in [0.2, 0.25) is 0 Å². The lowest BCUT2D eigenvalue weighted by Gasteiger charge is -2.27. The number of benzene rings is 1. The van der Waals surface area contributed by atoms with Crippen LogP contribution in [0.25, 0.3) is 10.9 Å². The van der Waals surface area contributed by atoms with Crippen LogP contribution in [0.4, 0.5) is 0 Å². The Bertz CT molecular complexity index is 641. The molecule has 20 heavy (non-hydrogen) atoms. The second-order valence-corrected chi connectivity index (χ2v) is 5.39. The first kappa shape index (κ1) is 13.1. The number of aromatic nitrogens is 1. The molecule has 4 nitrogen and oxygen atoms in total. The van der Waals surface area contributed by atoms with Gasteiger partial charge in [-0.3, -0.25) is 9.78 Å².